The lowest BCUT2D eigenvalue weighted by atomic mass is 10.1. The van der Waals surface area contributed by atoms with Crippen molar-refractivity contribution in [3.05, 3.63) is 29.4 Å². The van der Waals surface area contributed by atoms with Gasteiger partial charge in [-0.05, 0) is 26.1 Å². The second-order valence-electron chi connectivity index (χ2n) is 5.80. The minimum Gasteiger partial charge on any atom is -0.318 e. The van der Waals surface area contributed by atoms with Gasteiger partial charge in [-0.1, -0.05) is 25.6 Å². The number of aromatic amines is 2. The van der Waals surface area contributed by atoms with Gasteiger partial charge in [0.05, 0.1) is 22.8 Å². The fourth-order valence-corrected chi connectivity index (χ4v) is 2.90. The van der Waals surface area contributed by atoms with E-state index in [-0.39, 0.29) is 0 Å². The molecule has 6 nitrogen and oxygen atoms in total. The van der Waals surface area contributed by atoms with Crippen LogP contribution in [0.2, 0.25) is 0 Å². The van der Waals surface area contributed by atoms with E-state index in [0.29, 0.717) is 0 Å². The molecule has 2 heterocycles. The maximum absolute atomic E-state index is 4.76. The van der Waals surface area contributed by atoms with E-state index in [0.717, 1.165) is 65.7 Å². The first kappa shape index (κ1) is 15.7. The van der Waals surface area contributed by atoms with Crippen LogP contribution in [0.5, 0.6) is 0 Å². The molecule has 23 heavy (non-hydrogen) atoms. The van der Waals surface area contributed by atoms with Gasteiger partial charge in [-0.15, -0.1) is 0 Å². The molecule has 0 fully saturated rings. The summed E-state index contributed by atoms with van der Waals surface area (Å²) in [5.74, 6) is 0.844. The summed E-state index contributed by atoms with van der Waals surface area (Å²) in [5, 5.41) is 12.4. The molecule has 3 N–H and O–H groups in total. The second-order valence-corrected chi connectivity index (χ2v) is 5.80. The van der Waals surface area contributed by atoms with Crippen LogP contribution in [0, 0.1) is 0 Å². The molecule has 0 unspecified atom stereocenters. The minimum atomic E-state index is 0.755. The van der Waals surface area contributed by atoms with E-state index in [9.17, 15) is 0 Å². The van der Waals surface area contributed by atoms with Crippen molar-refractivity contribution in [1.29, 1.82) is 0 Å². The first-order chi connectivity index (χ1) is 11.2. The summed E-state index contributed by atoms with van der Waals surface area (Å²) in [6, 6.07) is 6.09. The smallest absolute Gasteiger partial charge is 0.156 e. The summed E-state index contributed by atoms with van der Waals surface area (Å²) in [4.78, 5) is 11.8. The molecule has 0 atom stereocenters. The van der Waals surface area contributed by atoms with Gasteiger partial charge < -0.3 is 5.32 Å². The second kappa shape index (κ2) is 6.93. The van der Waals surface area contributed by atoms with Crippen LogP contribution in [-0.4, -0.2) is 51.7 Å². The highest BCUT2D eigenvalue weighted by atomic mass is 15.2. The number of nitrogens with one attached hydrogen (secondary N) is 3. The van der Waals surface area contributed by atoms with E-state index >= 15 is 0 Å². The maximum Gasteiger partial charge on any atom is 0.156 e. The van der Waals surface area contributed by atoms with Crippen LogP contribution in [0.1, 0.15) is 19.2 Å². The highest BCUT2D eigenvalue weighted by Gasteiger charge is 2.11. The molecule has 0 saturated heterocycles. The Morgan fingerprint density at radius 3 is 2.87 bits per heavy atom. The lowest BCUT2D eigenvalue weighted by Gasteiger charge is -2.20. The van der Waals surface area contributed by atoms with Crippen molar-refractivity contribution in [2.45, 2.75) is 19.9 Å². The monoisotopic (exact) mass is 312 g/mol. The average molecular weight is 312 g/mol. The third kappa shape index (κ3) is 3.28. The number of aromatic nitrogens is 4. The van der Waals surface area contributed by atoms with Crippen LogP contribution < -0.4 is 10.7 Å². The standard InChI is InChI=1S/C17H24N6/c1-4-9-23(10-8-18-3)11-15-19-14-7-5-6-13-12(2)21-22-17(20-15)16(13)14/h5-7,18,21H,2,4,8-11H2,1,3H3,(H,19,20,22). The van der Waals surface area contributed by atoms with Crippen LogP contribution in [0.3, 0.4) is 0 Å². The molecule has 1 aromatic carbocycles. The summed E-state index contributed by atoms with van der Waals surface area (Å²) < 4.78 is 0. The number of nitrogens with zero attached hydrogens (tertiary/aromatic N) is 3. The molecule has 2 aromatic heterocycles. The molecule has 6 heteroatoms. The summed E-state index contributed by atoms with van der Waals surface area (Å²) in [6.07, 6.45) is 1.12. The van der Waals surface area contributed by atoms with Crippen molar-refractivity contribution < 1.29 is 0 Å². The molecule has 3 rings (SSSR count). The van der Waals surface area contributed by atoms with Gasteiger partial charge in [-0.2, -0.15) is 0 Å². The normalized spacial score (nSPS) is 11.8. The zero-order valence-corrected chi connectivity index (χ0v) is 13.8. The Morgan fingerprint density at radius 2 is 2.09 bits per heavy atom. The van der Waals surface area contributed by atoms with Gasteiger partial charge in [-0.25, -0.2) is 9.97 Å². The number of hydrogen-bond donors (Lipinski definition) is 3. The molecule has 0 bridgehead atoms. The maximum atomic E-state index is 4.76. The molecule has 0 spiro atoms. The van der Waals surface area contributed by atoms with Gasteiger partial charge in [0.2, 0.25) is 0 Å². The molecule has 0 aliphatic heterocycles. The van der Waals surface area contributed by atoms with Crippen molar-refractivity contribution in [3.8, 4) is 0 Å². The molecule has 0 saturated carbocycles. The van der Waals surface area contributed by atoms with Gasteiger partial charge in [0.15, 0.2) is 5.65 Å². The Balaban J connectivity index is 1.99. The van der Waals surface area contributed by atoms with Crippen LogP contribution in [0.25, 0.3) is 28.5 Å². The lowest BCUT2D eigenvalue weighted by Crippen LogP contribution is -2.31. The van der Waals surface area contributed by atoms with Crippen LogP contribution in [-0.2, 0) is 6.54 Å². The number of hydrogen-bond acceptors (Lipinski definition) is 4. The molecule has 0 aliphatic rings. The van der Waals surface area contributed by atoms with Crippen molar-refractivity contribution in [3.63, 3.8) is 0 Å². The van der Waals surface area contributed by atoms with E-state index in [1.54, 1.807) is 0 Å². The summed E-state index contributed by atoms with van der Waals surface area (Å²) in [6.45, 7) is 9.97. The van der Waals surface area contributed by atoms with Crippen LogP contribution in [0.4, 0.5) is 0 Å². The Labute approximate surface area is 135 Å². The predicted molar refractivity (Wildman–Crippen MR) is 94.8 cm³/mol. The minimum absolute atomic E-state index is 0.755. The number of rotatable bonds is 7. The Morgan fingerprint density at radius 1 is 1.22 bits per heavy atom. The molecular formula is C17H24N6. The van der Waals surface area contributed by atoms with Crippen LogP contribution in [0.15, 0.2) is 18.2 Å². The van der Waals surface area contributed by atoms with Gasteiger partial charge >= 0.3 is 0 Å². The first-order valence-electron chi connectivity index (χ1n) is 8.10. The molecule has 0 aliphatic carbocycles. The van der Waals surface area contributed by atoms with Crippen LogP contribution >= 0.6 is 0 Å². The summed E-state index contributed by atoms with van der Waals surface area (Å²) in [7, 11) is 1.98. The average Bonchev–Trinajstić information content (AvgIpc) is 2.56. The van der Waals surface area contributed by atoms with E-state index in [1.807, 2.05) is 25.2 Å². The number of H-pyrrole nitrogens is 2. The summed E-state index contributed by atoms with van der Waals surface area (Å²) in [5.41, 5.74) is 1.79. The third-order valence-electron chi connectivity index (χ3n) is 4.01. The molecule has 122 valence electrons. The topological polar surface area (TPSA) is 72.6 Å². The van der Waals surface area contributed by atoms with Gasteiger partial charge in [0.1, 0.15) is 5.82 Å². The first-order valence-corrected chi connectivity index (χ1v) is 8.10. The highest BCUT2D eigenvalue weighted by molar-refractivity contribution is 6.04. The van der Waals surface area contributed by atoms with Crippen molar-refractivity contribution in [1.82, 2.24) is 30.4 Å². The molecule has 0 radical (unpaired) electrons. The third-order valence-corrected chi connectivity index (χ3v) is 4.01. The largest absolute Gasteiger partial charge is 0.318 e. The predicted octanol–water partition coefficient (Wildman–Crippen LogP) is 1.56. The van der Waals surface area contributed by atoms with Gasteiger partial charge in [-0.3, -0.25) is 15.1 Å². The number of benzene rings is 1. The SMILES string of the molecule is C=c1[nH][nH]c2nc(CN(CCC)CCNC)nc3cccc1c32. The fourth-order valence-electron chi connectivity index (χ4n) is 2.90. The van der Waals surface area contributed by atoms with E-state index < -0.39 is 0 Å². The fraction of sp³-hybridized carbons (Fsp3) is 0.412. The van der Waals surface area contributed by atoms with Crippen molar-refractivity contribution >= 4 is 28.5 Å². The zero-order chi connectivity index (χ0) is 16.2. The highest BCUT2D eigenvalue weighted by Crippen LogP contribution is 2.19. The van der Waals surface area contributed by atoms with E-state index in [1.165, 1.54) is 0 Å². The number of likely N-dealkylation sites (N-methyl/N-ethyl adjacent to an activating group) is 1. The molecule has 0 amide bonds. The van der Waals surface area contributed by atoms with Gasteiger partial charge in [0.25, 0.3) is 0 Å². The van der Waals surface area contributed by atoms with E-state index in [4.69, 9.17) is 9.97 Å². The van der Waals surface area contributed by atoms with E-state index in [2.05, 4.69) is 33.9 Å². The molecule has 3 aromatic rings. The van der Waals surface area contributed by atoms with Gasteiger partial charge in [0, 0.05) is 18.5 Å². The quantitative estimate of drug-likeness (QED) is 0.619. The Kier molecular flexibility index (Phi) is 4.73. The van der Waals surface area contributed by atoms with Crippen molar-refractivity contribution in [2.24, 2.45) is 0 Å². The molecular weight excluding hydrogens is 288 g/mol. The lowest BCUT2D eigenvalue weighted by molar-refractivity contribution is 0.262. The zero-order valence-electron chi connectivity index (χ0n) is 13.8. The Bertz CT molecular complexity index is 828. The Hall–Kier alpha value is -2.18. The summed E-state index contributed by atoms with van der Waals surface area (Å²) >= 11 is 0. The van der Waals surface area contributed by atoms with Crippen molar-refractivity contribution in [2.75, 3.05) is 26.7 Å².